The van der Waals surface area contributed by atoms with Crippen LogP contribution in [0.4, 0.5) is 16.2 Å². The predicted molar refractivity (Wildman–Crippen MR) is 139 cm³/mol. The molecule has 0 spiro atoms. The van der Waals surface area contributed by atoms with Crippen molar-refractivity contribution in [3.63, 3.8) is 0 Å². The molecule has 34 heavy (non-hydrogen) atoms. The molecular formula is C28H34N4O2. The SMILES string of the molecule is CCOc1ccccc1NC(=O)NCC(c1ccc(N(C)C)cc1)N1CCc2ccccc2C1. The van der Waals surface area contributed by atoms with E-state index in [4.69, 9.17) is 4.74 Å². The Labute approximate surface area is 202 Å². The van der Waals surface area contributed by atoms with E-state index in [2.05, 4.69) is 69.0 Å². The Morgan fingerprint density at radius 1 is 1.00 bits per heavy atom. The fourth-order valence-electron chi connectivity index (χ4n) is 4.44. The second-order valence-corrected chi connectivity index (χ2v) is 8.76. The first kappa shape index (κ1) is 23.6. The third-order valence-electron chi connectivity index (χ3n) is 6.29. The molecule has 1 heterocycles. The van der Waals surface area contributed by atoms with Gasteiger partial charge in [-0.2, -0.15) is 0 Å². The molecule has 0 fully saturated rings. The highest BCUT2D eigenvalue weighted by atomic mass is 16.5. The summed E-state index contributed by atoms with van der Waals surface area (Å²) in [6.07, 6.45) is 1.01. The Morgan fingerprint density at radius 3 is 2.44 bits per heavy atom. The maximum Gasteiger partial charge on any atom is 0.319 e. The first-order valence-electron chi connectivity index (χ1n) is 11.9. The zero-order valence-electron chi connectivity index (χ0n) is 20.3. The lowest BCUT2D eigenvalue weighted by molar-refractivity contribution is 0.175. The van der Waals surface area contributed by atoms with Gasteiger partial charge in [0.25, 0.3) is 0 Å². The molecule has 3 aromatic carbocycles. The quantitative estimate of drug-likeness (QED) is 0.495. The number of anilines is 2. The molecule has 1 atom stereocenters. The Bertz CT molecular complexity index is 1100. The number of amides is 2. The van der Waals surface area contributed by atoms with E-state index in [-0.39, 0.29) is 12.1 Å². The molecule has 1 aliphatic heterocycles. The van der Waals surface area contributed by atoms with Crippen molar-refractivity contribution < 1.29 is 9.53 Å². The molecule has 2 amide bonds. The number of hydrogen-bond donors (Lipinski definition) is 2. The molecule has 0 saturated heterocycles. The molecule has 178 valence electrons. The summed E-state index contributed by atoms with van der Waals surface area (Å²) < 4.78 is 5.64. The van der Waals surface area contributed by atoms with E-state index >= 15 is 0 Å². The molecule has 0 saturated carbocycles. The number of carbonyl (C=O) groups is 1. The van der Waals surface area contributed by atoms with Crippen molar-refractivity contribution in [3.8, 4) is 5.75 Å². The normalized spacial score (nSPS) is 14.1. The number of benzene rings is 3. The van der Waals surface area contributed by atoms with Gasteiger partial charge >= 0.3 is 6.03 Å². The molecule has 1 aliphatic rings. The van der Waals surface area contributed by atoms with Crippen LogP contribution >= 0.6 is 0 Å². The van der Waals surface area contributed by atoms with Crippen LogP contribution in [0.3, 0.4) is 0 Å². The number of hydrogen-bond acceptors (Lipinski definition) is 4. The van der Waals surface area contributed by atoms with E-state index in [0.717, 1.165) is 25.2 Å². The summed E-state index contributed by atoms with van der Waals surface area (Å²) >= 11 is 0. The second-order valence-electron chi connectivity index (χ2n) is 8.76. The largest absolute Gasteiger partial charge is 0.492 e. The number of nitrogens with zero attached hydrogens (tertiary/aromatic N) is 2. The van der Waals surface area contributed by atoms with Gasteiger partial charge in [-0.05, 0) is 54.3 Å². The zero-order valence-corrected chi connectivity index (χ0v) is 20.3. The van der Waals surface area contributed by atoms with E-state index in [1.807, 2.05) is 45.3 Å². The van der Waals surface area contributed by atoms with Crippen molar-refractivity contribution in [1.82, 2.24) is 10.2 Å². The average Bonchev–Trinajstić information content (AvgIpc) is 2.86. The Hall–Kier alpha value is -3.51. The molecule has 1 unspecified atom stereocenters. The van der Waals surface area contributed by atoms with Gasteiger partial charge in [0.1, 0.15) is 5.75 Å². The molecule has 6 heteroatoms. The Balaban J connectivity index is 1.50. The second kappa shape index (κ2) is 11.1. The average molecular weight is 459 g/mol. The lowest BCUT2D eigenvalue weighted by Crippen LogP contribution is -2.41. The van der Waals surface area contributed by atoms with Gasteiger partial charge in [-0.1, -0.05) is 48.5 Å². The van der Waals surface area contributed by atoms with Crippen LogP contribution in [0.25, 0.3) is 0 Å². The van der Waals surface area contributed by atoms with Gasteiger partial charge in [-0.3, -0.25) is 4.90 Å². The van der Waals surface area contributed by atoms with Crippen LogP contribution in [0.2, 0.25) is 0 Å². The third-order valence-corrected chi connectivity index (χ3v) is 6.29. The van der Waals surface area contributed by atoms with Crippen LogP contribution in [0, 0.1) is 0 Å². The minimum absolute atomic E-state index is 0.0671. The van der Waals surface area contributed by atoms with Gasteiger partial charge in [-0.15, -0.1) is 0 Å². The zero-order chi connectivity index (χ0) is 23.9. The van der Waals surface area contributed by atoms with Crippen LogP contribution in [0.15, 0.2) is 72.8 Å². The molecule has 0 aromatic heterocycles. The number of ether oxygens (including phenoxy) is 1. The highest BCUT2D eigenvalue weighted by molar-refractivity contribution is 5.90. The molecule has 2 N–H and O–H groups in total. The minimum Gasteiger partial charge on any atom is -0.492 e. The first-order valence-corrected chi connectivity index (χ1v) is 11.9. The molecule has 3 aromatic rings. The van der Waals surface area contributed by atoms with Gasteiger partial charge in [0.15, 0.2) is 0 Å². The fraction of sp³-hybridized carbons (Fsp3) is 0.321. The molecule has 0 bridgehead atoms. The monoisotopic (exact) mass is 458 g/mol. The summed E-state index contributed by atoms with van der Waals surface area (Å²) in [4.78, 5) is 17.4. The van der Waals surface area contributed by atoms with Crippen LogP contribution in [-0.4, -0.2) is 44.7 Å². The minimum atomic E-state index is -0.237. The van der Waals surface area contributed by atoms with E-state index in [1.54, 1.807) is 0 Å². The first-order chi connectivity index (χ1) is 16.5. The number of urea groups is 1. The van der Waals surface area contributed by atoms with Gasteiger partial charge in [0, 0.05) is 39.4 Å². The van der Waals surface area contributed by atoms with Crippen molar-refractivity contribution in [2.45, 2.75) is 25.9 Å². The topological polar surface area (TPSA) is 56.8 Å². The number of rotatable bonds is 8. The predicted octanol–water partition coefficient (Wildman–Crippen LogP) is 5.07. The van der Waals surface area contributed by atoms with Gasteiger partial charge in [0.2, 0.25) is 0 Å². The van der Waals surface area contributed by atoms with Crippen molar-refractivity contribution >= 4 is 17.4 Å². The smallest absolute Gasteiger partial charge is 0.319 e. The summed E-state index contributed by atoms with van der Waals surface area (Å²) in [6.45, 7) is 4.80. The fourth-order valence-corrected chi connectivity index (χ4v) is 4.44. The van der Waals surface area contributed by atoms with Crippen molar-refractivity contribution in [1.29, 1.82) is 0 Å². The maximum absolute atomic E-state index is 12.8. The number of para-hydroxylation sites is 2. The van der Waals surface area contributed by atoms with Crippen molar-refractivity contribution in [3.05, 3.63) is 89.5 Å². The van der Waals surface area contributed by atoms with Crippen LogP contribution in [0.5, 0.6) is 5.75 Å². The van der Waals surface area contributed by atoms with Gasteiger partial charge < -0.3 is 20.3 Å². The highest BCUT2D eigenvalue weighted by Crippen LogP contribution is 2.29. The number of carbonyl (C=O) groups excluding carboxylic acids is 1. The van der Waals surface area contributed by atoms with E-state index in [9.17, 15) is 4.79 Å². The standard InChI is InChI=1S/C28H34N4O2/c1-4-34-27-12-8-7-11-25(27)30-28(33)29-19-26(22-13-15-24(16-14-22)31(2)3)32-18-17-21-9-5-6-10-23(21)20-32/h5-16,26H,4,17-20H2,1-3H3,(H2,29,30,33). The Kier molecular flexibility index (Phi) is 7.70. The number of fused-ring (bicyclic) bond motifs is 1. The highest BCUT2D eigenvalue weighted by Gasteiger charge is 2.25. The molecule has 6 nitrogen and oxygen atoms in total. The van der Waals surface area contributed by atoms with Crippen molar-refractivity contribution in [2.24, 2.45) is 0 Å². The maximum atomic E-state index is 12.8. The molecular weight excluding hydrogens is 424 g/mol. The third kappa shape index (κ3) is 5.69. The van der Waals surface area contributed by atoms with Crippen molar-refractivity contribution in [2.75, 3.05) is 44.0 Å². The summed E-state index contributed by atoms with van der Waals surface area (Å²) in [5.41, 5.74) is 5.79. The lowest BCUT2D eigenvalue weighted by Gasteiger charge is -2.36. The van der Waals surface area contributed by atoms with Crippen LogP contribution in [0.1, 0.15) is 29.7 Å². The molecule has 4 rings (SSSR count). The summed E-state index contributed by atoms with van der Waals surface area (Å²) in [6, 6.07) is 24.6. The summed E-state index contributed by atoms with van der Waals surface area (Å²) in [7, 11) is 4.08. The number of nitrogens with one attached hydrogen (secondary N) is 2. The van der Waals surface area contributed by atoms with E-state index in [1.165, 1.54) is 16.7 Å². The molecule has 0 radical (unpaired) electrons. The summed E-state index contributed by atoms with van der Waals surface area (Å²) in [5.74, 6) is 0.670. The molecule has 0 aliphatic carbocycles. The van der Waals surface area contributed by atoms with E-state index < -0.39 is 0 Å². The van der Waals surface area contributed by atoms with Gasteiger partial charge in [0.05, 0.1) is 18.3 Å². The van der Waals surface area contributed by atoms with E-state index in [0.29, 0.717) is 24.6 Å². The van der Waals surface area contributed by atoms with Crippen LogP contribution in [-0.2, 0) is 13.0 Å². The van der Waals surface area contributed by atoms with Crippen LogP contribution < -0.4 is 20.3 Å². The lowest BCUT2D eigenvalue weighted by atomic mass is 9.96. The summed E-state index contributed by atoms with van der Waals surface area (Å²) in [5, 5.41) is 6.04. The Morgan fingerprint density at radius 2 is 1.71 bits per heavy atom. The van der Waals surface area contributed by atoms with Gasteiger partial charge in [-0.25, -0.2) is 4.79 Å².